The summed E-state index contributed by atoms with van der Waals surface area (Å²) in [5, 5.41) is 13.6. The van der Waals surface area contributed by atoms with E-state index in [1.165, 1.54) is 25.7 Å². The van der Waals surface area contributed by atoms with Gasteiger partial charge in [0, 0.05) is 30.0 Å². The molecule has 5 heteroatoms. The van der Waals surface area contributed by atoms with Crippen LogP contribution < -0.4 is 5.32 Å². The van der Waals surface area contributed by atoms with E-state index in [9.17, 15) is 5.11 Å². The highest BCUT2D eigenvalue weighted by atomic mass is 35.5. The summed E-state index contributed by atoms with van der Waals surface area (Å²) in [5.41, 5.74) is 0.915. The maximum atomic E-state index is 9.52. The second-order valence-electron chi connectivity index (χ2n) is 6.10. The van der Waals surface area contributed by atoms with Crippen molar-refractivity contribution in [2.75, 3.05) is 11.9 Å². The average Bonchev–Trinajstić information content (AvgIpc) is 3.28. The van der Waals surface area contributed by atoms with E-state index in [4.69, 9.17) is 11.6 Å². The molecule has 4 nitrogen and oxygen atoms in total. The van der Waals surface area contributed by atoms with E-state index in [1.54, 1.807) is 0 Å². The molecule has 1 heterocycles. The lowest BCUT2D eigenvalue weighted by Gasteiger charge is -2.31. The number of nitrogens with one attached hydrogen (secondary N) is 1. The zero-order valence-electron chi connectivity index (χ0n) is 11.9. The summed E-state index contributed by atoms with van der Waals surface area (Å²) in [6.07, 6.45) is 6.93. The van der Waals surface area contributed by atoms with Crippen molar-refractivity contribution < 1.29 is 5.11 Å². The van der Waals surface area contributed by atoms with Crippen molar-refractivity contribution in [3.05, 3.63) is 16.5 Å². The average molecular weight is 296 g/mol. The van der Waals surface area contributed by atoms with Crippen LogP contribution in [0, 0.1) is 12.8 Å². The molecule has 0 radical (unpaired) electrons. The van der Waals surface area contributed by atoms with Crippen LogP contribution in [0.25, 0.3) is 0 Å². The number of aliphatic hydroxyl groups excluding tert-OH is 1. The molecule has 0 aromatic carbocycles. The van der Waals surface area contributed by atoms with E-state index in [0.29, 0.717) is 23.0 Å². The van der Waals surface area contributed by atoms with Crippen molar-refractivity contribution in [1.82, 2.24) is 9.97 Å². The quantitative estimate of drug-likeness (QED) is 0.837. The smallest absolute Gasteiger partial charge is 0.137 e. The first-order chi connectivity index (χ1) is 9.69. The molecule has 0 spiro atoms. The molecular formula is C15H22ClN3O. The largest absolute Gasteiger partial charge is 0.396 e. The summed E-state index contributed by atoms with van der Waals surface area (Å²) in [5.74, 6) is 2.55. The van der Waals surface area contributed by atoms with Gasteiger partial charge < -0.3 is 10.4 Å². The Labute approximate surface area is 125 Å². The van der Waals surface area contributed by atoms with Crippen molar-refractivity contribution in [2.24, 2.45) is 5.92 Å². The fourth-order valence-electron chi connectivity index (χ4n) is 2.96. The molecule has 0 aliphatic heterocycles. The van der Waals surface area contributed by atoms with Crippen LogP contribution in [0.2, 0.25) is 5.15 Å². The maximum Gasteiger partial charge on any atom is 0.137 e. The second kappa shape index (κ2) is 5.86. The Morgan fingerprint density at radius 2 is 1.95 bits per heavy atom. The van der Waals surface area contributed by atoms with Crippen LogP contribution in [-0.4, -0.2) is 27.7 Å². The third-order valence-corrected chi connectivity index (χ3v) is 4.88. The van der Waals surface area contributed by atoms with Crippen molar-refractivity contribution in [3.63, 3.8) is 0 Å². The van der Waals surface area contributed by atoms with E-state index >= 15 is 0 Å². The third kappa shape index (κ3) is 2.91. The minimum absolute atomic E-state index is 0.241. The molecule has 2 aliphatic carbocycles. The van der Waals surface area contributed by atoms with Crippen LogP contribution >= 0.6 is 11.6 Å². The lowest BCUT2D eigenvalue weighted by molar-refractivity contribution is 0.178. The van der Waals surface area contributed by atoms with Crippen LogP contribution in [0.15, 0.2) is 0 Å². The van der Waals surface area contributed by atoms with Gasteiger partial charge in [-0.3, -0.25) is 0 Å². The van der Waals surface area contributed by atoms with Gasteiger partial charge in [0.05, 0.1) is 0 Å². The molecule has 1 aromatic rings. The summed E-state index contributed by atoms with van der Waals surface area (Å²) in [4.78, 5) is 9.06. The molecule has 2 N–H and O–H groups in total. The minimum Gasteiger partial charge on any atom is -0.396 e. The van der Waals surface area contributed by atoms with Gasteiger partial charge in [-0.05, 0) is 32.6 Å². The van der Waals surface area contributed by atoms with Crippen LogP contribution in [0.4, 0.5) is 5.82 Å². The van der Waals surface area contributed by atoms with E-state index in [2.05, 4.69) is 15.3 Å². The van der Waals surface area contributed by atoms with Gasteiger partial charge in [-0.2, -0.15) is 0 Å². The van der Waals surface area contributed by atoms with Gasteiger partial charge >= 0.3 is 0 Å². The molecule has 0 bridgehead atoms. The van der Waals surface area contributed by atoms with Gasteiger partial charge in [0.25, 0.3) is 0 Å². The first-order valence-corrected chi connectivity index (χ1v) is 7.98. The van der Waals surface area contributed by atoms with Gasteiger partial charge in [-0.15, -0.1) is 0 Å². The second-order valence-corrected chi connectivity index (χ2v) is 6.46. The topological polar surface area (TPSA) is 58.0 Å². The Hall–Kier alpha value is -0.870. The molecule has 0 amide bonds. The molecule has 2 unspecified atom stereocenters. The van der Waals surface area contributed by atoms with Crippen LogP contribution in [0.5, 0.6) is 0 Å². The Bertz CT molecular complexity index is 490. The first kappa shape index (κ1) is 14.1. The summed E-state index contributed by atoms with van der Waals surface area (Å²) in [6, 6.07) is 0.297. The first-order valence-electron chi connectivity index (χ1n) is 7.60. The highest BCUT2D eigenvalue weighted by Crippen LogP contribution is 2.39. The Balaban J connectivity index is 1.81. The zero-order chi connectivity index (χ0) is 14.1. The van der Waals surface area contributed by atoms with E-state index < -0.39 is 0 Å². The fourth-order valence-corrected chi connectivity index (χ4v) is 3.14. The van der Waals surface area contributed by atoms with Gasteiger partial charge in [0.1, 0.15) is 16.8 Å². The van der Waals surface area contributed by atoms with E-state index in [1.807, 2.05) is 6.92 Å². The molecular weight excluding hydrogens is 274 g/mol. The molecule has 3 rings (SSSR count). The summed E-state index contributed by atoms with van der Waals surface area (Å²) < 4.78 is 0. The molecule has 2 saturated carbocycles. The molecule has 2 atom stereocenters. The van der Waals surface area contributed by atoms with Crippen molar-refractivity contribution in [1.29, 1.82) is 0 Å². The SMILES string of the molecule is Cc1c(Cl)nc(C2CC2)nc1NC1CCCCC1CO. The number of aliphatic hydroxyl groups is 1. The molecule has 110 valence electrons. The highest BCUT2D eigenvalue weighted by molar-refractivity contribution is 6.30. The maximum absolute atomic E-state index is 9.52. The van der Waals surface area contributed by atoms with Crippen LogP contribution in [0.3, 0.4) is 0 Å². The van der Waals surface area contributed by atoms with Crippen molar-refractivity contribution in [2.45, 2.75) is 57.4 Å². The fraction of sp³-hybridized carbons (Fsp3) is 0.733. The van der Waals surface area contributed by atoms with Crippen LogP contribution in [0.1, 0.15) is 55.8 Å². The molecule has 20 heavy (non-hydrogen) atoms. The number of hydrogen-bond donors (Lipinski definition) is 2. The predicted octanol–water partition coefficient (Wildman–Crippen LogP) is 3.28. The number of hydrogen-bond acceptors (Lipinski definition) is 4. The molecule has 2 fully saturated rings. The monoisotopic (exact) mass is 295 g/mol. The number of halogens is 1. The van der Waals surface area contributed by atoms with Gasteiger partial charge in [0.15, 0.2) is 0 Å². The van der Waals surface area contributed by atoms with Gasteiger partial charge in [-0.1, -0.05) is 24.4 Å². The zero-order valence-corrected chi connectivity index (χ0v) is 12.7. The lowest BCUT2D eigenvalue weighted by atomic mass is 9.85. The Kier molecular flexibility index (Phi) is 4.13. The standard InChI is InChI=1S/C15H22ClN3O/c1-9-13(16)18-15(10-6-7-10)19-14(9)17-12-5-3-2-4-11(12)8-20/h10-12,20H,2-8H2,1H3,(H,17,18,19). The number of anilines is 1. The predicted molar refractivity (Wildman–Crippen MR) is 80.2 cm³/mol. The van der Waals surface area contributed by atoms with Crippen molar-refractivity contribution in [3.8, 4) is 0 Å². The number of aromatic nitrogens is 2. The van der Waals surface area contributed by atoms with Crippen molar-refractivity contribution >= 4 is 17.4 Å². The van der Waals surface area contributed by atoms with Gasteiger partial charge in [-0.25, -0.2) is 9.97 Å². The molecule has 2 aliphatic rings. The van der Waals surface area contributed by atoms with Crippen LogP contribution in [-0.2, 0) is 0 Å². The summed E-state index contributed by atoms with van der Waals surface area (Å²) in [7, 11) is 0. The summed E-state index contributed by atoms with van der Waals surface area (Å²) in [6.45, 7) is 2.20. The third-order valence-electron chi connectivity index (χ3n) is 4.51. The van der Waals surface area contributed by atoms with E-state index in [-0.39, 0.29) is 6.61 Å². The van der Waals surface area contributed by atoms with Gasteiger partial charge in [0.2, 0.25) is 0 Å². The summed E-state index contributed by atoms with van der Waals surface area (Å²) >= 11 is 6.24. The highest BCUT2D eigenvalue weighted by Gasteiger charge is 2.29. The lowest BCUT2D eigenvalue weighted by Crippen LogP contribution is -2.35. The molecule has 0 saturated heterocycles. The number of nitrogens with zero attached hydrogens (tertiary/aromatic N) is 2. The Morgan fingerprint density at radius 1 is 1.20 bits per heavy atom. The number of rotatable bonds is 4. The Morgan fingerprint density at radius 3 is 2.65 bits per heavy atom. The minimum atomic E-state index is 0.241. The normalized spacial score (nSPS) is 26.6. The molecule has 1 aromatic heterocycles. The van der Waals surface area contributed by atoms with E-state index in [0.717, 1.165) is 30.0 Å².